The van der Waals surface area contributed by atoms with Gasteiger partial charge < -0.3 is 14.8 Å². The number of H-pyrrole nitrogens is 1. The maximum Gasteiger partial charge on any atom is 0.332 e. The molecular formula is C13H12N4O4. The molecule has 3 aromatic rings. The number of phenols is 1. The Balaban J connectivity index is 2.17. The minimum atomic E-state index is -0.493. The Bertz CT molecular complexity index is 951. The second-order valence-electron chi connectivity index (χ2n) is 4.52. The van der Waals surface area contributed by atoms with E-state index < -0.39 is 11.2 Å². The van der Waals surface area contributed by atoms with Crippen molar-refractivity contribution in [1.82, 2.24) is 19.1 Å². The van der Waals surface area contributed by atoms with Crippen LogP contribution in [0.25, 0.3) is 11.2 Å². The first-order valence-corrected chi connectivity index (χ1v) is 6.10. The molecule has 0 atom stereocenters. The van der Waals surface area contributed by atoms with Gasteiger partial charge in [0.2, 0.25) is 0 Å². The molecule has 0 radical (unpaired) electrons. The van der Waals surface area contributed by atoms with Crippen molar-refractivity contribution < 1.29 is 9.84 Å². The molecule has 0 saturated heterocycles. The third-order valence-corrected chi connectivity index (χ3v) is 3.14. The highest BCUT2D eigenvalue weighted by atomic mass is 16.5. The van der Waals surface area contributed by atoms with E-state index in [9.17, 15) is 14.7 Å². The first-order chi connectivity index (χ1) is 9.99. The fourth-order valence-corrected chi connectivity index (χ4v) is 2.00. The van der Waals surface area contributed by atoms with Gasteiger partial charge in [-0.1, -0.05) is 12.1 Å². The van der Waals surface area contributed by atoms with Gasteiger partial charge in [0.15, 0.2) is 22.7 Å². The Morgan fingerprint density at radius 2 is 1.90 bits per heavy atom. The summed E-state index contributed by atoms with van der Waals surface area (Å²) < 4.78 is 7.62. The van der Waals surface area contributed by atoms with Gasteiger partial charge in [-0.3, -0.25) is 13.9 Å². The second-order valence-corrected chi connectivity index (χ2v) is 4.52. The second kappa shape index (κ2) is 4.51. The lowest BCUT2D eigenvalue weighted by molar-refractivity contribution is 0.395. The summed E-state index contributed by atoms with van der Waals surface area (Å²) in [4.78, 5) is 30.6. The summed E-state index contributed by atoms with van der Waals surface area (Å²) in [6.07, 6.45) is 0. The summed E-state index contributed by atoms with van der Waals surface area (Å²) in [7, 11) is 2.89. The highest BCUT2D eigenvalue weighted by Crippen LogP contribution is 2.28. The van der Waals surface area contributed by atoms with E-state index in [2.05, 4.69) is 9.97 Å². The molecule has 21 heavy (non-hydrogen) atoms. The number of nitrogens with zero attached hydrogens (tertiary/aromatic N) is 3. The normalized spacial score (nSPS) is 11.0. The maximum absolute atomic E-state index is 12.0. The molecule has 1 aromatic carbocycles. The average Bonchev–Trinajstić information content (AvgIpc) is 2.89. The molecule has 0 aliphatic carbocycles. The van der Waals surface area contributed by atoms with Crippen molar-refractivity contribution in [2.24, 2.45) is 14.1 Å². The van der Waals surface area contributed by atoms with Crippen LogP contribution in [-0.2, 0) is 14.1 Å². The van der Waals surface area contributed by atoms with Crippen LogP contribution in [-0.4, -0.2) is 24.2 Å². The number of nitrogens with one attached hydrogen (secondary N) is 1. The molecule has 3 rings (SSSR count). The number of imidazole rings is 1. The van der Waals surface area contributed by atoms with Gasteiger partial charge in [0.1, 0.15) is 0 Å². The molecule has 0 spiro atoms. The van der Waals surface area contributed by atoms with E-state index in [4.69, 9.17) is 4.74 Å². The molecule has 0 aliphatic heterocycles. The Morgan fingerprint density at radius 1 is 1.19 bits per heavy atom. The molecule has 0 unspecified atom stereocenters. The van der Waals surface area contributed by atoms with Crippen LogP contribution < -0.4 is 16.0 Å². The van der Waals surface area contributed by atoms with Gasteiger partial charge >= 0.3 is 11.7 Å². The number of aryl methyl sites for hydroxylation is 1. The van der Waals surface area contributed by atoms with Crippen molar-refractivity contribution in [1.29, 1.82) is 0 Å². The predicted octanol–water partition coefficient (Wildman–Crippen LogP) is 0.458. The van der Waals surface area contributed by atoms with Crippen molar-refractivity contribution in [2.75, 3.05) is 0 Å². The molecule has 2 N–H and O–H groups in total. The minimum Gasteiger partial charge on any atom is -0.504 e. The summed E-state index contributed by atoms with van der Waals surface area (Å²) in [6.45, 7) is 0. The number of aromatic nitrogens is 4. The number of benzene rings is 1. The van der Waals surface area contributed by atoms with Gasteiger partial charge in [-0.15, -0.1) is 0 Å². The molecule has 0 amide bonds. The minimum absolute atomic E-state index is 0.0183. The van der Waals surface area contributed by atoms with E-state index >= 15 is 0 Å². The lowest BCUT2D eigenvalue weighted by Crippen LogP contribution is -2.36. The van der Waals surface area contributed by atoms with Gasteiger partial charge in [0.25, 0.3) is 5.56 Å². The number of aromatic hydroxyl groups is 1. The highest BCUT2D eigenvalue weighted by Gasteiger charge is 2.15. The SMILES string of the molecule is Cn1c(=O)c2[nH]c(Oc3ccccc3O)nc2n(C)c1=O. The average molecular weight is 288 g/mol. The summed E-state index contributed by atoms with van der Waals surface area (Å²) in [5.41, 5.74) is -0.626. The first-order valence-electron chi connectivity index (χ1n) is 6.10. The van der Waals surface area contributed by atoms with E-state index in [1.165, 1.54) is 24.7 Å². The van der Waals surface area contributed by atoms with Crippen molar-refractivity contribution in [2.45, 2.75) is 0 Å². The van der Waals surface area contributed by atoms with Gasteiger partial charge in [0.05, 0.1) is 0 Å². The van der Waals surface area contributed by atoms with Crippen molar-refractivity contribution in [3.8, 4) is 17.5 Å². The zero-order valence-electron chi connectivity index (χ0n) is 11.3. The molecule has 0 aliphatic rings. The molecule has 2 aromatic heterocycles. The van der Waals surface area contributed by atoms with E-state index in [-0.39, 0.29) is 28.7 Å². The fraction of sp³-hybridized carbons (Fsp3) is 0.154. The van der Waals surface area contributed by atoms with Crippen molar-refractivity contribution in [3.05, 3.63) is 45.1 Å². The zero-order chi connectivity index (χ0) is 15.1. The molecule has 8 heteroatoms. The quantitative estimate of drug-likeness (QED) is 0.713. The lowest BCUT2D eigenvalue weighted by Gasteiger charge is -2.02. The molecular weight excluding hydrogens is 276 g/mol. The summed E-state index contributed by atoms with van der Waals surface area (Å²) >= 11 is 0. The molecule has 0 fully saturated rings. The summed E-state index contributed by atoms with van der Waals surface area (Å²) in [6, 6.07) is 6.38. The van der Waals surface area contributed by atoms with Crippen LogP contribution in [0.2, 0.25) is 0 Å². The van der Waals surface area contributed by atoms with Crippen LogP contribution in [0.1, 0.15) is 0 Å². The number of ether oxygens (including phenoxy) is 1. The Morgan fingerprint density at radius 3 is 2.62 bits per heavy atom. The van der Waals surface area contributed by atoms with E-state index in [1.807, 2.05) is 0 Å². The molecule has 0 bridgehead atoms. The standard InChI is InChI=1S/C13H12N4O4/c1-16-10-9(11(19)17(2)13(16)20)14-12(15-10)21-8-6-4-3-5-7(8)18/h3-6,18H,1-2H3,(H,14,15). The third kappa shape index (κ3) is 1.97. The van der Waals surface area contributed by atoms with Crippen LogP contribution >= 0.6 is 0 Å². The number of phenolic OH excluding ortho intramolecular Hbond substituents is 1. The Hall–Kier alpha value is -3.03. The number of rotatable bonds is 2. The van der Waals surface area contributed by atoms with Crippen molar-refractivity contribution >= 4 is 11.2 Å². The van der Waals surface area contributed by atoms with Crippen molar-refractivity contribution in [3.63, 3.8) is 0 Å². The van der Waals surface area contributed by atoms with E-state index in [1.54, 1.807) is 18.2 Å². The summed E-state index contributed by atoms with van der Waals surface area (Å²) in [5, 5.41) is 9.66. The lowest BCUT2D eigenvalue weighted by atomic mass is 10.3. The number of fused-ring (bicyclic) bond motifs is 1. The van der Waals surface area contributed by atoms with Crippen LogP contribution in [0.5, 0.6) is 17.5 Å². The number of hydrogen-bond donors (Lipinski definition) is 2. The Labute approximate surface area is 117 Å². The Kier molecular flexibility index (Phi) is 2.79. The van der Waals surface area contributed by atoms with Crippen LogP contribution in [0, 0.1) is 0 Å². The van der Waals surface area contributed by atoms with Gasteiger partial charge in [-0.05, 0) is 12.1 Å². The third-order valence-electron chi connectivity index (χ3n) is 3.14. The topological polar surface area (TPSA) is 102 Å². The van der Waals surface area contributed by atoms with E-state index in [0.717, 1.165) is 4.57 Å². The van der Waals surface area contributed by atoms with Crippen LogP contribution in [0.15, 0.2) is 33.9 Å². The molecule has 108 valence electrons. The van der Waals surface area contributed by atoms with Gasteiger partial charge in [-0.25, -0.2) is 4.79 Å². The monoisotopic (exact) mass is 288 g/mol. The molecule has 8 nitrogen and oxygen atoms in total. The number of para-hydroxylation sites is 2. The molecule has 0 saturated carbocycles. The first kappa shape index (κ1) is 13.0. The summed E-state index contributed by atoms with van der Waals surface area (Å²) in [5.74, 6) is 0.137. The van der Waals surface area contributed by atoms with Crippen LogP contribution in [0.4, 0.5) is 0 Å². The van der Waals surface area contributed by atoms with Crippen LogP contribution in [0.3, 0.4) is 0 Å². The number of hydrogen-bond acceptors (Lipinski definition) is 5. The highest BCUT2D eigenvalue weighted by molar-refractivity contribution is 5.70. The number of aromatic amines is 1. The maximum atomic E-state index is 12.0. The largest absolute Gasteiger partial charge is 0.504 e. The van der Waals surface area contributed by atoms with Gasteiger partial charge in [0, 0.05) is 14.1 Å². The van der Waals surface area contributed by atoms with Gasteiger partial charge in [-0.2, -0.15) is 4.98 Å². The smallest absolute Gasteiger partial charge is 0.332 e. The molecule has 2 heterocycles. The fourth-order valence-electron chi connectivity index (χ4n) is 2.00. The zero-order valence-corrected chi connectivity index (χ0v) is 11.3. The predicted molar refractivity (Wildman–Crippen MR) is 74.8 cm³/mol. The van der Waals surface area contributed by atoms with E-state index in [0.29, 0.717) is 0 Å².